The van der Waals surface area contributed by atoms with Crippen molar-refractivity contribution in [2.45, 2.75) is 71.9 Å². The predicted octanol–water partition coefficient (Wildman–Crippen LogP) is 4.79. The molecule has 1 unspecified atom stereocenters. The van der Waals surface area contributed by atoms with Gasteiger partial charge in [-0.2, -0.15) is 0 Å². The van der Waals surface area contributed by atoms with Gasteiger partial charge in [-0.1, -0.05) is 13.8 Å². The molecule has 0 aliphatic heterocycles. The number of nitrogens with one attached hydrogen (secondary N) is 1. The van der Waals surface area contributed by atoms with Crippen LogP contribution in [-0.2, 0) is 6.42 Å². The van der Waals surface area contributed by atoms with Gasteiger partial charge in [-0.05, 0) is 69.9 Å². The highest BCUT2D eigenvalue weighted by molar-refractivity contribution is 7.11. The Hall–Kier alpha value is -0.340. The minimum atomic E-state index is 0.610. The number of hydrogen-bond acceptors (Lipinski definition) is 2. The third kappa shape index (κ3) is 4.61. The molecule has 19 heavy (non-hydrogen) atoms. The van der Waals surface area contributed by atoms with E-state index in [-0.39, 0.29) is 0 Å². The van der Waals surface area contributed by atoms with Crippen LogP contribution in [0.3, 0.4) is 0 Å². The summed E-state index contributed by atoms with van der Waals surface area (Å²) in [6.07, 6.45) is 6.76. The van der Waals surface area contributed by atoms with Gasteiger partial charge in [0.05, 0.1) is 0 Å². The second-order valence-electron chi connectivity index (χ2n) is 6.64. The normalized spacial score (nSPS) is 25.7. The highest BCUT2D eigenvalue weighted by atomic mass is 32.1. The van der Waals surface area contributed by atoms with Crippen molar-refractivity contribution in [2.24, 2.45) is 11.8 Å². The van der Waals surface area contributed by atoms with Crippen molar-refractivity contribution in [3.05, 3.63) is 21.9 Å². The van der Waals surface area contributed by atoms with Crippen molar-refractivity contribution in [3.8, 4) is 0 Å². The number of rotatable bonds is 5. The number of thiophene rings is 1. The molecule has 1 aliphatic carbocycles. The van der Waals surface area contributed by atoms with Crippen molar-refractivity contribution in [2.75, 3.05) is 0 Å². The molecule has 1 atom stereocenters. The largest absolute Gasteiger partial charge is 0.311 e. The van der Waals surface area contributed by atoms with Crippen LogP contribution in [0.25, 0.3) is 0 Å². The van der Waals surface area contributed by atoms with E-state index >= 15 is 0 Å². The maximum atomic E-state index is 3.84. The molecule has 1 aromatic rings. The van der Waals surface area contributed by atoms with E-state index in [1.807, 2.05) is 11.3 Å². The Bertz CT molecular complexity index is 374. The van der Waals surface area contributed by atoms with Crippen LogP contribution >= 0.6 is 11.3 Å². The van der Waals surface area contributed by atoms with E-state index < -0.39 is 0 Å². The second kappa shape index (κ2) is 6.90. The minimum Gasteiger partial charge on any atom is -0.311 e. The van der Waals surface area contributed by atoms with Gasteiger partial charge in [-0.15, -0.1) is 11.3 Å². The first kappa shape index (κ1) is 15.1. The molecule has 0 radical (unpaired) electrons. The third-order valence-electron chi connectivity index (χ3n) is 4.54. The molecule has 1 fully saturated rings. The van der Waals surface area contributed by atoms with Gasteiger partial charge in [0.25, 0.3) is 0 Å². The quantitative estimate of drug-likeness (QED) is 0.817. The van der Waals surface area contributed by atoms with E-state index in [0.29, 0.717) is 6.04 Å². The van der Waals surface area contributed by atoms with E-state index in [2.05, 4.69) is 45.1 Å². The molecule has 0 spiro atoms. The lowest BCUT2D eigenvalue weighted by Crippen LogP contribution is -2.40. The van der Waals surface area contributed by atoms with E-state index in [0.717, 1.165) is 17.9 Å². The van der Waals surface area contributed by atoms with Gasteiger partial charge < -0.3 is 5.32 Å². The van der Waals surface area contributed by atoms with Gasteiger partial charge in [-0.3, -0.25) is 0 Å². The van der Waals surface area contributed by atoms with Gasteiger partial charge in [0, 0.05) is 21.8 Å². The van der Waals surface area contributed by atoms with E-state index in [4.69, 9.17) is 0 Å². The van der Waals surface area contributed by atoms with Crippen LogP contribution in [-0.4, -0.2) is 12.1 Å². The molecule has 1 heterocycles. The Morgan fingerprint density at radius 2 is 1.84 bits per heavy atom. The van der Waals surface area contributed by atoms with Gasteiger partial charge in [0.2, 0.25) is 0 Å². The molecular formula is C17H29NS. The monoisotopic (exact) mass is 279 g/mol. The molecule has 1 aliphatic rings. The average Bonchev–Trinajstić information content (AvgIpc) is 2.75. The first-order valence-electron chi connectivity index (χ1n) is 7.86. The third-order valence-corrected chi connectivity index (χ3v) is 5.56. The summed E-state index contributed by atoms with van der Waals surface area (Å²) in [4.78, 5) is 2.95. The van der Waals surface area contributed by atoms with Crippen LogP contribution in [0, 0.1) is 18.8 Å². The summed E-state index contributed by atoms with van der Waals surface area (Å²) in [6.45, 7) is 9.28. The lowest BCUT2D eigenvalue weighted by Gasteiger charge is -2.33. The van der Waals surface area contributed by atoms with Crippen LogP contribution in [0.1, 0.15) is 56.2 Å². The fourth-order valence-electron chi connectivity index (χ4n) is 3.31. The fraction of sp³-hybridized carbons (Fsp3) is 0.765. The lowest BCUT2D eigenvalue weighted by atomic mass is 9.79. The summed E-state index contributed by atoms with van der Waals surface area (Å²) in [6, 6.07) is 5.89. The Morgan fingerprint density at radius 3 is 2.37 bits per heavy atom. The zero-order valence-electron chi connectivity index (χ0n) is 12.9. The zero-order valence-corrected chi connectivity index (χ0v) is 13.7. The molecule has 2 heteroatoms. The van der Waals surface area contributed by atoms with Gasteiger partial charge >= 0.3 is 0 Å². The molecule has 1 aromatic heterocycles. The summed E-state index contributed by atoms with van der Waals surface area (Å²) in [7, 11) is 0. The predicted molar refractivity (Wildman–Crippen MR) is 85.9 cm³/mol. The standard InChI is InChI=1S/C17H29NS/c1-12(2)15-6-8-16(9-7-15)18-13(3)11-17-10-5-14(4)19-17/h5,10,12-13,15-16,18H,6-9,11H2,1-4H3. The van der Waals surface area contributed by atoms with Crippen LogP contribution in [0.2, 0.25) is 0 Å². The lowest BCUT2D eigenvalue weighted by molar-refractivity contribution is 0.230. The van der Waals surface area contributed by atoms with Crippen LogP contribution in [0.5, 0.6) is 0 Å². The van der Waals surface area contributed by atoms with Crippen LogP contribution < -0.4 is 5.32 Å². The molecule has 1 nitrogen and oxygen atoms in total. The summed E-state index contributed by atoms with van der Waals surface area (Å²) < 4.78 is 0. The number of aryl methyl sites for hydroxylation is 1. The molecular weight excluding hydrogens is 250 g/mol. The van der Waals surface area contributed by atoms with Crippen molar-refractivity contribution >= 4 is 11.3 Å². The average molecular weight is 279 g/mol. The molecule has 0 saturated heterocycles. The molecule has 1 N–H and O–H groups in total. The Morgan fingerprint density at radius 1 is 1.16 bits per heavy atom. The molecule has 2 rings (SSSR count). The number of hydrogen-bond donors (Lipinski definition) is 1. The highest BCUT2D eigenvalue weighted by Gasteiger charge is 2.23. The summed E-state index contributed by atoms with van der Waals surface area (Å²) >= 11 is 1.94. The van der Waals surface area contributed by atoms with Gasteiger partial charge in [0.15, 0.2) is 0 Å². The molecule has 0 bridgehead atoms. The maximum absolute atomic E-state index is 3.84. The summed E-state index contributed by atoms with van der Waals surface area (Å²) in [5.74, 6) is 1.83. The summed E-state index contributed by atoms with van der Waals surface area (Å²) in [5.41, 5.74) is 0. The van der Waals surface area contributed by atoms with Crippen LogP contribution in [0.4, 0.5) is 0 Å². The zero-order chi connectivity index (χ0) is 13.8. The van der Waals surface area contributed by atoms with Gasteiger partial charge in [-0.25, -0.2) is 0 Å². The van der Waals surface area contributed by atoms with Crippen molar-refractivity contribution in [1.82, 2.24) is 5.32 Å². The molecule has 1 saturated carbocycles. The maximum Gasteiger partial charge on any atom is 0.00896 e. The molecule has 108 valence electrons. The Kier molecular flexibility index (Phi) is 5.47. The molecule has 0 aromatic carbocycles. The van der Waals surface area contributed by atoms with E-state index in [1.54, 1.807) is 0 Å². The second-order valence-corrected chi connectivity index (χ2v) is 8.01. The van der Waals surface area contributed by atoms with Crippen molar-refractivity contribution in [1.29, 1.82) is 0 Å². The first-order valence-corrected chi connectivity index (χ1v) is 8.67. The minimum absolute atomic E-state index is 0.610. The highest BCUT2D eigenvalue weighted by Crippen LogP contribution is 2.30. The van der Waals surface area contributed by atoms with Crippen molar-refractivity contribution in [3.63, 3.8) is 0 Å². The smallest absolute Gasteiger partial charge is 0.00896 e. The topological polar surface area (TPSA) is 12.0 Å². The van der Waals surface area contributed by atoms with Crippen LogP contribution in [0.15, 0.2) is 12.1 Å². The fourth-order valence-corrected chi connectivity index (χ4v) is 4.33. The summed E-state index contributed by atoms with van der Waals surface area (Å²) in [5, 5.41) is 3.84. The Labute approximate surface area is 122 Å². The Balaban J connectivity index is 1.73. The van der Waals surface area contributed by atoms with Gasteiger partial charge in [0.1, 0.15) is 0 Å². The van der Waals surface area contributed by atoms with Crippen molar-refractivity contribution < 1.29 is 0 Å². The first-order chi connectivity index (χ1) is 9.04. The SMILES string of the molecule is Cc1ccc(CC(C)NC2CCC(C(C)C)CC2)s1. The van der Waals surface area contributed by atoms with E-state index in [1.165, 1.54) is 41.9 Å². The van der Waals surface area contributed by atoms with E-state index in [9.17, 15) is 0 Å². The molecule has 0 amide bonds.